The van der Waals surface area contributed by atoms with Crippen LogP contribution in [-0.2, 0) is 0 Å². The van der Waals surface area contributed by atoms with E-state index in [1.807, 2.05) is 0 Å². The van der Waals surface area contributed by atoms with Gasteiger partial charge in [-0.3, -0.25) is 0 Å². The standard InChI is InChI=1S/C33H34B2N/c1-21(2)27-18-26(24-13-8-7-9-14-24)19-28(22(3)4)33(27)34-29-16-10-12-23(5)31(29)35-32-25(20-36(35)6)15-11-17-30(32)34/h7-22H,1-6H3/q+1. The smallest absolute Gasteiger partial charge is 0.315 e. The summed E-state index contributed by atoms with van der Waals surface area (Å²) >= 11 is 0. The molecular formula is C33H34B2N+. The first-order valence-electron chi connectivity index (χ1n) is 13.4. The van der Waals surface area contributed by atoms with Crippen molar-refractivity contribution in [2.45, 2.75) is 46.5 Å². The van der Waals surface area contributed by atoms with Gasteiger partial charge in [0.05, 0.1) is 0 Å². The predicted molar refractivity (Wildman–Crippen MR) is 159 cm³/mol. The highest BCUT2D eigenvalue weighted by atomic mass is 14.9. The lowest BCUT2D eigenvalue weighted by molar-refractivity contribution is -0.338. The van der Waals surface area contributed by atoms with Gasteiger partial charge >= 0.3 is 6.85 Å². The molecule has 1 nitrogen and oxygen atoms in total. The van der Waals surface area contributed by atoms with E-state index in [1.165, 1.54) is 60.7 Å². The summed E-state index contributed by atoms with van der Waals surface area (Å²) in [5.74, 6) is 0.858. The van der Waals surface area contributed by atoms with Crippen molar-refractivity contribution >= 4 is 47.1 Å². The van der Waals surface area contributed by atoms with E-state index in [2.05, 4.69) is 131 Å². The van der Waals surface area contributed by atoms with E-state index < -0.39 is 0 Å². The third-order valence-corrected chi connectivity index (χ3v) is 8.33. The molecular weight excluding hydrogens is 432 g/mol. The Morgan fingerprint density at radius 2 is 1.25 bits per heavy atom. The minimum Gasteiger partial charge on any atom is -0.315 e. The Bertz CT molecular complexity index is 1490. The van der Waals surface area contributed by atoms with E-state index in [1.54, 1.807) is 0 Å². The molecule has 4 aromatic carbocycles. The fourth-order valence-electron chi connectivity index (χ4n) is 6.72. The first-order valence-corrected chi connectivity index (χ1v) is 13.4. The van der Waals surface area contributed by atoms with Gasteiger partial charge < -0.3 is 4.49 Å². The van der Waals surface area contributed by atoms with Crippen LogP contribution in [0.25, 0.3) is 11.1 Å². The molecule has 2 aliphatic heterocycles. The Kier molecular flexibility index (Phi) is 5.56. The lowest BCUT2D eigenvalue weighted by atomic mass is 9.24. The zero-order chi connectivity index (χ0) is 25.1. The fourth-order valence-corrected chi connectivity index (χ4v) is 6.72. The van der Waals surface area contributed by atoms with Crippen LogP contribution >= 0.6 is 0 Å². The molecule has 0 saturated heterocycles. The predicted octanol–water partition coefficient (Wildman–Crippen LogP) is 3.92. The molecule has 36 heavy (non-hydrogen) atoms. The second kappa shape index (κ2) is 8.66. The van der Waals surface area contributed by atoms with Crippen LogP contribution in [0, 0.1) is 6.92 Å². The molecule has 0 atom stereocenters. The van der Waals surface area contributed by atoms with Gasteiger partial charge in [-0.2, -0.15) is 0 Å². The number of nitrogens with zero attached hydrogens (tertiary/aromatic N) is 1. The van der Waals surface area contributed by atoms with Gasteiger partial charge in [-0.1, -0.05) is 117 Å². The molecule has 6 rings (SSSR count). The summed E-state index contributed by atoms with van der Waals surface area (Å²) < 4.78 is 2.42. The van der Waals surface area contributed by atoms with Gasteiger partial charge in [-0.25, -0.2) is 0 Å². The molecule has 3 heteroatoms. The Morgan fingerprint density at radius 3 is 1.89 bits per heavy atom. The molecule has 2 heterocycles. The van der Waals surface area contributed by atoms with Gasteiger partial charge in [0.1, 0.15) is 13.3 Å². The van der Waals surface area contributed by atoms with Crippen molar-refractivity contribution in [3.63, 3.8) is 0 Å². The second-order valence-corrected chi connectivity index (χ2v) is 11.3. The van der Waals surface area contributed by atoms with Crippen molar-refractivity contribution in [3.8, 4) is 11.1 Å². The number of hydrogen-bond acceptors (Lipinski definition) is 0. The molecule has 176 valence electrons. The van der Waals surface area contributed by atoms with Crippen LogP contribution in [0.2, 0.25) is 0 Å². The number of benzene rings is 4. The Balaban J connectivity index is 1.70. The molecule has 0 aromatic heterocycles. The molecule has 0 unspecified atom stereocenters. The van der Waals surface area contributed by atoms with Gasteiger partial charge in [-0.15, -0.1) is 0 Å². The molecule has 0 saturated carbocycles. The molecule has 0 bridgehead atoms. The maximum atomic E-state index is 2.48. The molecule has 0 fully saturated rings. The van der Waals surface area contributed by atoms with Crippen molar-refractivity contribution in [2.24, 2.45) is 0 Å². The molecule has 0 radical (unpaired) electrons. The highest BCUT2D eigenvalue weighted by molar-refractivity contribution is 7.07. The van der Waals surface area contributed by atoms with Crippen molar-refractivity contribution in [3.05, 3.63) is 101 Å². The summed E-state index contributed by atoms with van der Waals surface area (Å²) in [6.45, 7) is 12.3. The highest BCUT2D eigenvalue weighted by Gasteiger charge is 2.51. The van der Waals surface area contributed by atoms with Crippen molar-refractivity contribution in [1.29, 1.82) is 0 Å². The van der Waals surface area contributed by atoms with Crippen molar-refractivity contribution in [2.75, 3.05) is 7.05 Å². The lowest BCUT2D eigenvalue weighted by Gasteiger charge is -2.32. The van der Waals surface area contributed by atoms with Crippen LogP contribution in [0.15, 0.2) is 78.9 Å². The normalized spacial score (nSPS) is 13.8. The number of aryl methyl sites for hydroxylation is 1. The third-order valence-electron chi connectivity index (χ3n) is 8.33. The average molecular weight is 466 g/mol. The SMILES string of the molecule is Cc1cccc2c1B1c3c(cccc3B2c2c(C(C)C)cc(-c3ccccc3)cc2C(C)C)C=[N+]1C. The average Bonchev–Trinajstić information content (AvgIpc) is 3.21. The summed E-state index contributed by atoms with van der Waals surface area (Å²) in [7, 11) is 2.23. The van der Waals surface area contributed by atoms with Gasteiger partial charge in [0.15, 0.2) is 0 Å². The van der Waals surface area contributed by atoms with Crippen LogP contribution in [-0.4, -0.2) is 31.3 Å². The number of hydrogen-bond donors (Lipinski definition) is 0. The maximum absolute atomic E-state index is 2.48. The summed E-state index contributed by atoms with van der Waals surface area (Å²) in [6.07, 6.45) is 2.34. The summed E-state index contributed by atoms with van der Waals surface area (Å²) in [4.78, 5) is 0. The topological polar surface area (TPSA) is 3.01 Å². The molecule has 0 amide bonds. The van der Waals surface area contributed by atoms with Crippen molar-refractivity contribution < 1.29 is 4.49 Å². The van der Waals surface area contributed by atoms with E-state index in [-0.39, 0.29) is 6.71 Å². The second-order valence-electron chi connectivity index (χ2n) is 11.3. The first-order chi connectivity index (χ1) is 17.4. The zero-order valence-electron chi connectivity index (χ0n) is 22.3. The van der Waals surface area contributed by atoms with Gasteiger partial charge in [-0.05, 0) is 52.6 Å². The van der Waals surface area contributed by atoms with E-state index in [0.717, 1.165) is 0 Å². The maximum Gasteiger partial charge on any atom is 0.553 e. The van der Waals surface area contributed by atoms with Crippen LogP contribution in [0.5, 0.6) is 0 Å². The first kappa shape index (κ1) is 23.1. The summed E-state index contributed by atoms with van der Waals surface area (Å²) in [6, 6.07) is 29.7. The minimum atomic E-state index is 0.241. The highest BCUT2D eigenvalue weighted by Crippen LogP contribution is 2.29. The Labute approximate surface area is 217 Å². The molecule has 2 aliphatic rings. The van der Waals surface area contributed by atoms with Crippen LogP contribution in [0.3, 0.4) is 0 Å². The summed E-state index contributed by atoms with van der Waals surface area (Å²) in [5, 5.41) is 0. The molecule has 0 spiro atoms. The molecule has 0 N–H and O–H groups in total. The fraction of sp³-hybridized carbons (Fsp3) is 0.242. The Hall–Kier alpha value is -3.32. The van der Waals surface area contributed by atoms with Gasteiger partial charge in [0, 0.05) is 16.5 Å². The Morgan fingerprint density at radius 1 is 0.639 bits per heavy atom. The minimum absolute atomic E-state index is 0.241. The van der Waals surface area contributed by atoms with Crippen LogP contribution < -0.4 is 27.3 Å². The monoisotopic (exact) mass is 466 g/mol. The number of rotatable bonds is 4. The van der Waals surface area contributed by atoms with Gasteiger partial charge in [0.2, 0.25) is 6.71 Å². The number of fused-ring (bicyclic) bond motifs is 2. The largest absolute Gasteiger partial charge is 0.553 e. The summed E-state index contributed by atoms with van der Waals surface area (Å²) in [5.41, 5.74) is 15.8. The van der Waals surface area contributed by atoms with E-state index in [9.17, 15) is 0 Å². The quantitative estimate of drug-likeness (QED) is 0.402. The molecule has 4 aromatic rings. The van der Waals surface area contributed by atoms with Crippen molar-refractivity contribution in [1.82, 2.24) is 0 Å². The van der Waals surface area contributed by atoms with E-state index in [0.29, 0.717) is 18.7 Å². The lowest BCUT2D eigenvalue weighted by Crippen LogP contribution is -2.74. The van der Waals surface area contributed by atoms with Gasteiger partial charge in [0.25, 0.3) is 0 Å². The molecule has 0 aliphatic carbocycles. The van der Waals surface area contributed by atoms with E-state index in [4.69, 9.17) is 0 Å². The van der Waals surface area contributed by atoms with E-state index >= 15 is 0 Å². The van der Waals surface area contributed by atoms with Crippen LogP contribution in [0.1, 0.15) is 61.8 Å². The van der Waals surface area contributed by atoms with Crippen LogP contribution in [0.4, 0.5) is 0 Å². The third kappa shape index (κ3) is 3.44. The zero-order valence-corrected chi connectivity index (χ0v) is 22.3.